The number of carboxylic acid groups (broad SMARTS) is 2. The van der Waals surface area contributed by atoms with Gasteiger partial charge in [0.1, 0.15) is 0 Å². The van der Waals surface area contributed by atoms with E-state index in [0.29, 0.717) is 0 Å². The monoisotopic (exact) mass is 338 g/mol. The summed E-state index contributed by atoms with van der Waals surface area (Å²) in [5, 5.41) is 34.6. The summed E-state index contributed by atoms with van der Waals surface area (Å²) in [5.41, 5.74) is 0. The third-order valence-corrected chi connectivity index (χ3v) is 0.682. The van der Waals surface area contributed by atoms with Crippen molar-refractivity contribution in [2.24, 2.45) is 0 Å². The number of hydrogen-bond acceptors (Lipinski definition) is 10. The van der Waals surface area contributed by atoms with Crippen molar-refractivity contribution in [3.8, 4) is 0 Å². The van der Waals surface area contributed by atoms with Crippen LogP contribution in [0.4, 0.5) is 0 Å². The average Bonchev–Trinajstić information content (AvgIpc) is 2.01. The number of carbonyl (C=O) groups is 2. The van der Waals surface area contributed by atoms with Crippen LogP contribution in [0, 0.1) is 0 Å². The molecule has 0 aromatic rings. The van der Waals surface area contributed by atoms with Gasteiger partial charge in [0.2, 0.25) is 0 Å². The molecule has 0 saturated carbocycles. The normalized spacial score (nSPS) is 11.7. The summed E-state index contributed by atoms with van der Waals surface area (Å²) in [7, 11) is -5.17. The van der Waals surface area contributed by atoms with Crippen LogP contribution in [-0.4, -0.2) is 113 Å². The molecule has 0 aliphatic heterocycles. The largest absolute Gasteiger partial charge is 2.00 e. The molecule has 0 aliphatic rings. The first kappa shape index (κ1) is 31.9. The summed E-state index contributed by atoms with van der Waals surface area (Å²) in [4.78, 5) is 18.7. The van der Waals surface area contributed by atoms with Gasteiger partial charge in [0.05, 0.1) is 24.1 Å². The Balaban J connectivity index is -0.0000000492. The second kappa shape index (κ2) is 16.8. The maximum absolute atomic E-state index is 9.34. The van der Waals surface area contributed by atoms with Gasteiger partial charge in [-0.2, -0.15) is 0 Å². The predicted octanol–water partition coefficient (Wildman–Crippen LogP) is -5.87. The van der Waals surface area contributed by atoms with E-state index in [4.69, 9.17) is 27.7 Å². The summed E-state index contributed by atoms with van der Waals surface area (Å²) in [6, 6.07) is 0. The molecule has 0 radical (unpaired) electrons. The van der Waals surface area contributed by atoms with Crippen molar-refractivity contribution in [2.75, 3.05) is 0 Å². The van der Waals surface area contributed by atoms with Crippen LogP contribution in [0.15, 0.2) is 0 Å². The first-order valence-electron chi connectivity index (χ1n) is 3.73. The zero-order chi connectivity index (χ0) is 14.8. The number of carbonyl (C=O) groups excluding carboxylic acids is 2. The molecule has 0 aromatic heterocycles. The Hall–Kier alpha value is 0.756. The number of hydrogen-bond donors (Lipinski definition) is 2. The summed E-state index contributed by atoms with van der Waals surface area (Å²) in [6.45, 7) is 2.27. The third-order valence-electron chi connectivity index (χ3n) is 0.682. The fourth-order valence-corrected chi connectivity index (χ4v) is 0. The number of aliphatic carboxylic acids is 2. The molecule has 0 spiro atoms. The van der Waals surface area contributed by atoms with Crippen molar-refractivity contribution in [3.63, 3.8) is 0 Å². The Morgan fingerprint density at radius 2 is 1.00 bits per heavy atom. The van der Waals surface area contributed by atoms with E-state index in [-0.39, 0.29) is 60.8 Å². The predicted molar refractivity (Wildman–Crippen MR) is 55.4 cm³/mol. The van der Waals surface area contributed by atoms with Gasteiger partial charge in [-0.25, -0.2) is 0 Å². The van der Waals surface area contributed by atoms with Crippen LogP contribution in [0.5, 0.6) is 0 Å². The van der Waals surface area contributed by atoms with Gasteiger partial charge in [-0.15, -0.1) is 0 Å². The molecule has 2 unspecified atom stereocenters. The molecule has 0 aliphatic carbocycles. The fourth-order valence-electron chi connectivity index (χ4n) is 0. The Labute approximate surface area is 155 Å². The van der Waals surface area contributed by atoms with Gasteiger partial charge in [0.15, 0.2) is 0 Å². The van der Waals surface area contributed by atoms with E-state index in [1.54, 1.807) is 0 Å². The van der Waals surface area contributed by atoms with E-state index < -0.39 is 34.5 Å². The van der Waals surface area contributed by atoms with Crippen LogP contribution in [0.2, 0.25) is 0 Å². The maximum atomic E-state index is 9.34. The molecule has 0 bridgehead atoms. The van der Waals surface area contributed by atoms with Crippen LogP contribution in [0.3, 0.4) is 0 Å². The molecule has 0 amide bonds. The van der Waals surface area contributed by atoms with E-state index >= 15 is 0 Å². The third kappa shape index (κ3) is 68.7. The quantitative estimate of drug-likeness (QED) is 0.277. The van der Waals surface area contributed by atoms with Crippen molar-refractivity contribution in [1.82, 2.24) is 0 Å². The zero-order valence-corrected chi connectivity index (χ0v) is 14.6. The molecule has 10 nitrogen and oxygen atoms in total. The van der Waals surface area contributed by atoms with Gasteiger partial charge < -0.3 is 39.1 Å². The Kier molecular flexibility index (Phi) is 28.2. The van der Waals surface area contributed by atoms with Gasteiger partial charge in [-0.3, -0.25) is 8.42 Å². The minimum absolute atomic E-state index is 0. The second-order valence-corrected chi connectivity index (χ2v) is 3.21. The molecule has 0 saturated heterocycles. The van der Waals surface area contributed by atoms with Crippen molar-refractivity contribution < 1.29 is 47.5 Å². The summed E-state index contributed by atoms with van der Waals surface area (Å²) in [5.74, 6) is -2.87. The first-order chi connectivity index (χ1) is 7.29. The van der Waals surface area contributed by atoms with Gasteiger partial charge in [0.25, 0.3) is 0 Å². The average molecular weight is 339 g/mol. The molecule has 19 heavy (non-hydrogen) atoms. The smallest absolute Gasteiger partial charge is 0.759 e. The van der Waals surface area contributed by atoms with Crippen molar-refractivity contribution >= 4 is 83.1 Å². The number of aliphatic hydroxyl groups is 2. The van der Waals surface area contributed by atoms with Gasteiger partial charge >= 0.3 is 60.8 Å². The molecule has 0 heterocycles. The molecule has 0 aromatic carbocycles. The molecular formula is C6H10CaMgO10S. The fraction of sp³-hybridized carbons (Fsp3) is 0.667. The molecule has 0 rings (SSSR count). The Morgan fingerprint density at radius 1 is 0.947 bits per heavy atom. The van der Waals surface area contributed by atoms with E-state index in [2.05, 4.69) is 0 Å². The van der Waals surface area contributed by atoms with Gasteiger partial charge in [-0.1, -0.05) is 0 Å². The number of aliphatic hydroxyl groups excluding tert-OH is 2. The minimum atomic E-state index is -5.17. The number of carboxylic acids is 2. The minimum Gasteiger partial charge on any atom is -0.759 e. The van der Waals surface area contributed by atoms with Crippen molar-refractivity contribution in [1.29, 1.82) is 0 Å². The SMILES string of the molecule is CC(O)C(=O)[O-].CC(O)C(=O)[O-].O=S(=O)([O-])[O-].[Ca+2].[Mg+2]. The molecule has 0 fully saturated rings. The van der Waals surface area contributed by atoms with E-state index in [1.807, 2.05) is 0 Å². The molecule has 13 heteroatoms. The van der Waals surface area contributed by atoms with Crippen LogP contribution in [0.25, 0.3) is 0 Å². The van der Waals surface area contributed by atoms with Crippen LogP contribution >= 0.6 is 0 Å². The Bertz CT molecular complexity index is 301. The molecule has 2 N–H and O–H groups in total. The Morgan fingerprint density at radius 3 is 1.00 bits per heavy atom. The van der Waals surface area contributed by atoms with Crippen LogP contribution < -0.4 is 10.2 Å². The first-order valence-corrected chi connectivity index (χ1v) is 5.06. The van der Waals surface area contributed by atoms with Crippen LogP contribution in [-0.2, 0) is 20.0 Å². The summed E-state index contributed by atoms with van der Waals surface area (Å²) >= 11 is 0. The van der Waals surface area contributed by atoms with Crippen molar-refractivity contribution in [3.05, 3.63) is 0 Å². The standard InChI is InChI=1S/2C3H6O3.Ca.Mg.H2O4S/c2*1-2(4)3(5)6;;;1-5(2,3)4/h2*2,4H,1H3,(H,5,6);;;(H2,1,2,3,4)/q;;2*+2;/p-4. The summed E-state index contributed by atoms with van der Waals surface area (Å²) in [6.07, 6.45) is -2.69. The van der Waals surface area contributed by atoms with E-state index in [9.17, 15) is 19.8 Å². The number of rotatable bonds is 2. The summed E-state index contributed by atoms with van der Waals surface area (Å²) < 4.78 is 34.1. The molecule has 104 valence electrons. The molecular weight excluding hydrogens is 329 g/mol. The maximum Gasteiger partial charge on any atom is 2.00 e. The van der Waals surface area contributed by atoms with E-state index in [0.717, 1.165) is 13.8 Å². The van der Waals surface area contributed by atoms with Gasteiger partial charge in [-0.05, 0) is 13.8 Å². The van der Waals surface area contributed by atoms with E-state index in [1.165, 1.54) is 0 Å². The van der Waals surface area contributed by atoms with Crippen molar-refractivity contribution in [2.45, 2.75) is 26.1 Å². The topological polar surface area (TPSA) is 201 Å². The zero-order valence-electron chi connectivity index (χ0n) is 10.1. The van der Waals surface area contributed by atoms with Gasteiger partial charge in [0, 0.05) is 10.4 Å². The van der Waals surface area contributed by atoms with Crippen LogP contribution in [0.1, 0.15) is 13.8 Å². The second-order valence-electron chi connectivity index (χ2n) is 2.40. The molecule has 2 atom stereocenters.